The van der Waals surface area contributed by atoms with Crippen molar-refractivity contribution in [2.75, 3.05) is 23.8 Å². The fraction of sp³-hybridized carbons (Fsp3) is 0.263. The van der Waals surface area contributed by atoms with Crippen LogP contribution in [0.5, 0.6) is 0 Å². The molecule has 1 amide bonds. The average Bonchev–Trinajstić information content (AvgIpc) is 3.01. The van der Waals surface area contributed by atoms with E-state index in [4.69, 9.17) is 16.1 Å². The molecular formula is C38H38FN3O2. The highest BCUT2D eigenvalue weighted by molar-refractivity contribution is 5.96. The number of allylic oxidation sites excluding steroid dienone is 1. The number of nitrogens with zero attached hydrogens (tertiary/aromatic N) is 1. The van der Waals surface area contributed by atoms with Crippen LogP contribution in [0, 0.1) is 18.2 Å². The molecule has 2 heterocycles. The molecule has 1 saturated heterocycles. The molecule has 0 unspecified atom stereocenters. The maximum absolute atomic E-state index is 14.3. The van der Waals surface area contributed by atoms with Crippen LogP contribution in [0.3, 0.4) is 0 Å². The monoisotopic (exact) mass is 587 g/mol. The summed E-state index contributed by atoms with van der Waals surface area (Å²) in [6.07, 6.45) is 9.58. The molecule has 6 heteroatoms. The molecule has 4 aromatic rings. The van der Waals surface area contributed by atoms with Gasteiger partial charge in [0.2, 0.25) is 5.91 Å². The number of ether oxygens (including phenoxy) is 1. The second-order valence-electron chi connectivity index (χ2n) is 11.2. The van der Waals surface area contributed by atoms with E-state index in [2.05, 4.69) is 30.1 Å². The first-order valence-electron chi connectivity index (χ1n) is 15.2. The molecule has 5 nitrogen and oxygen atoms in total. The first kappa shape index (κ1) is 30.7. The number of pyridine rings is 1. The van der Waals surface area contributed by atoms with Crippen LogP contribution < -0.4 is 10.6 Å². The lowest BCUT2D eigenvalue weighted by Gasteiger charge is -2.27. The van der Waals surface area contributed by atoms with Gasteiger partial charge in [-0.25, -0.2) is 4.39 Å². The first-order valence-corrected chi connectivity index (χ1v) is 15.2. The number of carbonyl (C=O) groups excluding carboxylic acids is 1. The number of hydrogen-bond acceptors (Lipinski definition) is 4. The maximum atomic E-state index is 14.3. The van der Waals surface area contributed by atoms with Crippen molar-refractivity contribution in [1.82, 2.24) is 4.98 Å². The zero-order chi connectivity index (χ0) is 30.9. The number of benzene rings is 3. The number of anilines is 2. The lowest BCUT2D eigenvalue weighted by atomic mass is 10.0. The molecule has 3 aromatic carbocycles. The van der Waals surface area contributed by atoms with E-state index in [1.165, 1.54) is 6.07 Å². The minimum atomic E-state index is -0.280. The van der Waals surface area contributed by atoms with Crippen LogP contribution in [0.4, 0.5) is 15.8 Å². The fourth-order valence-corrected chi connectivity index (χ4v) is 5.13. The molecule has 1 fully saturated rings. The molecule has 1 aromatic heterocycles. The van der Waals surface area contributed by atoms with Gasteiger partial charge in [-0.1, -0.05) is 61.9 Å². The Bertz CT molecular complexity index is 1670. The van der Waals surface area contributed by atoms with Crippen LogP contribution in [0.25, 0.3) is 5.57 Å². The second-order valence-corrected chi connectivity index (χ2v) is 11.2. The Morgan fingerprint density at radius 2 is 1.80 bits per heavy atom. The summed E-state index contributed by atoms with van der Waals surface area (Å²) in [5, 5.41) is 6.53. The average molecular weight is 588 g/mol. The molecule has 0 saturated carbocycles. The lowest BCUT2D eigenvalue weighted by Crippen LogP contribution is -2.33. The van der Waals surface area contributed by atoms with E-state index in [1.54, 1.807) is 12.1 Å². The van der Waals surface area contributed by atoms with Gasteiger partial charge in [0.05, 0.1) is 23.9 Å². The normalized spacial score (nSPS) is 13.9. The summed E-state index contributed by atoms with van der Waals surface area (Å²) < 4.78 is 19.9. The van der Waals surface area contributed by atoms with E-state index in [1.807, 2.05) is 60.7 Å². The zero-order valence-corrected chi connectivity index (χ0v) is 25.2. The Kier molecular flexibility index (Phi) is 10.2. The lowest BCUT2D eigenvalue weighted by molar-refractivity contribution is -0.115. The fourth-order valence-electron chi connectivity index (χ4n) is 5.13. The number of nitrogens with one attached hydrogen (secondary N) is 2. The quantitative estimate of drug-likeness (QED) is 0.160. The molecule has 5 rings (SSSR count). The number of hydrogen-bond donors (Lipinski definition) is 2. The molecule has 0 radical (unpaired) electrons. The van der Waals surface area contributed by atoms with Crippen molar-refractivity contribution in [2.45, 2.75) is 51.6 Å². The molecule has 1 aliphatic heterocycles. The molecule has 1 aliphatic rings. The number of terminal acetylenes is 1. The van der Waals surface area contributed by atoms with E-state index in [0.717, 1.165) is 64.5 Å². The Morgan fingerprint density at radius 3 is 2.50 bits per heavy atom. The van der Waals surface area contributed by atoms with Gasteiger partial charge in [0.15, 0.2) is 0 Å². The van der Waals surface area contributed by atoms with Crippen molar-refractivity contribution in [3.63, 3.8) is 0 Å². The van der Waals surface area contributed by atoms with E-state index in [0.29, 0.717) is 36.9 Å². The number of aryl methyl sites for hydroxylation is 2. The highest BCUT2D eigenvalue weighted by atomic mass is 19.1. The van der Waals surface area contributed by atoms with Crippen molar-refractivity contribution in [3.05, 3.63) is 130 Å². The molecule has 0 bridgehead atoms. The topological polar surface area (TPSA) is 63.2 Å². The number of aromatic nitrogens is 1. The van der Waals surface area contributed by atoms with Gasteiger partial charge in [-0.3, -0.25) is 9.78 Å². The predicted molar refractivity (Wildman–Crippen MR) is 176 cm³/mol. The number of amides is 1. The van der Waals surface area contributed by atoms with Gasteiger partial charge in [-0.2, -0.15) is 0 Å². The van der Waals surface area contributed by atoms with Gasteiger partial charge in [0, 0.05) is 36.5 Å². The van der Waals surface area contributed by atoms with E-state index < -0.39 is 0 Å². The Hall–Kier alpha value is -4.73. The molecule has 2 N–H and O–H groups in total. The zero-order valence-electron chi connectivity index (χ0n) is 25.2. The second kappa shape index (κ2) is 14.6. The van der Waals surface area contributed by atoms with Crippen molar-refractivity contribution in [3.8, 4) is 12.3 Å². The number of halogens is 1. The summed E-state index contributed by atoms with van der Waals surface area (Å²) in [7, 11) is 0. The standard InChI is InChI=1S/C38H38FN3O2/c1-4-26(3)31-16-18-36(37(24-31)40-25-34-19-20-44-34)42-38(43)23-29-11-9-28(10-12-29)21-33-8-6-7-32(41-33)17-15-30-14-13-27(5-2)22-35(30)39/h2,6-14,16,18,22,24,34,40H,3-4,15,17,19-21,23,25H2,1H3,(H,42,43)/t34-/m0/s1. The van der Waals surface area contributed by atoms with Gasteiger partial charge in [0.25, 0.3) is 0 Å². The van der Waals surface area contributed by atoms with Gasteiger partial charge < -0.3 is 15.4 Å². The first-order chi connectivity index (χ1) is 21.4. The van der Waals surface area contributed by atoms with Crippen molar-refractivity contribution < 1.29 is 13.9 Å². The summed E-state index contributed by atoms with van der Waals surface area (Å²) in [4.78, 5) is 17.8. The van der Waals surface area contributed by atoms with Gasteiger partial charge in [0.1, 0.15) is 5.82 Å². The van der Waals surface area contributed by atoms with Crippen LogP contribution in [0.15, 0.2) is 85.4 Å². The molecule has 224 valence electrons. The third-order valence-corrected chi connectivity index (χ3v) is 7.95. The molecule has 0 spiro atoms. The Morgan fingerprint density at radius 1 is 1.02 bits per heavy atom. The van der Waals surface area contributed by atoms with Gasteiger partial charge in [-0.15, -0.1) is 6.42 Å². The van der Waals surface area contributed by atoms with E-state index in [-0.39, 0.29) is 24.2 Å². The minimum Gasteiger partial charge on any atom is -0.381 e. The Balaban J connectivity index is 1.16. The summed E-state index contributed by atoms with van der Waals surface area (Å²) in [5.74, 6) is 2.10. The number of carbonyl (C=O) groups is 1. The third-order valence-electron chi connectivity index (χ3n) is 7.95. The van der Waals surface area contributed by atoms with Crippen LogP contribution >= 0.6 is 0 Å². The van der Waals surface area contributed by atoms with Gasteiger partial charge >= 0.3 is 0 Å². The SMILES string of the molecule is C#Cc1ccc(CCc2cccc(Cc3ccc(CC(=O)Nc4ccc(C(=C)CC)cc4NC[C@@H]4CCO4)cc3)n2)c(F)c1. The van der Waals surface area contributed by atoms with E-state index >= 15 is 0 Å². The summed E-state index contributed by atoms with van der Waals surface area (Å²) in [5.41, 5.74) is 8.79. The van der Waals surface area contributed by atoms with Crippen LogP contribution in [0.2, 0.25) is 0 Å². The smallest absolute Gasteiger partial charge is 0.228 e. The van der Waals surface area contributed by atoms with Crippen molar-refractivity contribution in [1.29, 1.82) is 0 Å². The molecule has 44 heavy (non-hydrogen) atoms. The van der Waals surface area contributed by atoms with Crippen molar-refractivity contribution >= 4 is 22.9 Å². The minimum absolute atomic E-state index is 0.0810. The highest BCUT2D eigenvalue weighted by Crippen LogP contribution is 2.28. The van der Waals surface area contributed by atoms with Gasteiger partial charge in [-0.05, 0) is 89.9 Å². The predicted octanol–water partition coefficient (Wildman–Crippen LogP) is 7.38. The van der Waals surface area contributed by atoms with E-state index in [9.17, 15) is 9.18 Å². The number of rotatable bonds is 13. The summed E-state index contributed by atoms with van der Waals surface area (Å²) in [6.45, 7) is 7.74. The largest absolute Gasteiger partial charge is 0.381 e. The summed E-state index contributed by atoms with van der Waals surface area (Å²) >= 11 is 0. The van der Waals surface area contributed by atoms with Crippen LogP contribution in [-0.2, 0) is 35.2 Å². The summed E-state index contributed by atoms with van der Waals surface area (Å²) in [6, 6.07) is 24.9. The van der Waals surface area contributed by atoms with Crippen LogP contribution in [-0.4, -0.2) is 30.1 Å². The van der Waals surface area contributed by atoms with Crippen LogP contribution in [0.1, 0.15) is 59.0 Å². The third kappa shape index (κ3) is 8.21. The van der Waals surface area contributed by atoms with Crippen molar-refractivity contribution in [2.24, 2.45) is 0 Å². The molecular weight excluding hydrogens is 549 g/mol. The highest BCUT2D eigenvalue weighted by Gasteiger charge is 2.18. The molecule has 0 aliphatic carbocycles. The molecule has 1 atom stereocenters. The Labute approximate surface area is 259 Å². The maximum Gasteiger partial charge on any atom is 0.228 e.